The molecule has 1 saturated carbocycles. The van der Waals surface area contributed by atoms with E-state index in [9.17, 15) is 9.59 Å². The highest BCUT2D eigenvalue weighted by Crippen LogP contribution is 2.62. The van der Waals surface area contributed by atoms with E-state index in [2.05, 4.69) is 20.9 Å². The van der Waals surface area contributed by atoms with Crippen LogP contribution in [0.25, 0.3) is 0 Å². The van der Waals surface area contributed by atoms with Crippen molar-refractivity contribution < 1.29 is 23.3 Å². The van der Waals surface area contributed by atoms with E-state index < -0.39 is 17.3 Å². The molecular weight excluding hydrogens is 616 g/mol. The van der Waals surface area contributed by atoms with E-state index in [-0.39, 0.29) is 34.8 Å². The summed E-state index contributed by atoms with van der Waals surface area (Å²) in [5.74, 6) is -0.299. The van der Waals surface area contributed by atoms with Gasteiger partial charge in [0, 0.05) is 53.5 Å². The number of benzene rings is 2. The second-order valence-corrected chi connectivity index (χ2v) is 13.9. The zero-order chi connectivity index (χ0) is 30.6. The number of nitrogens with zero attached hydrogens (tertiary/aromatic N) is 4. The van der Waals surface area contributed by atoms with Crippen LogP contribution in [0.2, 0.25) is 10.0 Å². The van der Waals surface area contributed by atoms with Gasteiger partial charge in [0.25, 0.3) is 5.91 Å². The van der Waals surface area contributed by atoms with Crippen LogP contribution < -0.4 is 5.32 Å². The van der Waals surface area contributed by atoms with E-state index in [1.165, 1.54) is 0 Å². The van der Waals surface area contributed by atoms with Crippen LogP contribution in [0.5, 0.6) is 0 Å². The number of aliphatic imine (C=N–C) groups is 1. The molecule has 1 N–H and O–H groups in total. The highest BCUT2D eigenvalue weighted by atomic mass is 35.5. The van der Waals surface area contributed by atoms with Crippen LogP contribution in [0.4, 0.5) is 10.1 Å². The highest BCUT2D eigenvalue weighted by molar-refractivity contribution is 6.31. The monoisotopic (exact) mass is 646 g/mol. The SMILES string of the molecule is O=C(C1=CC2=NC3=[N+](C[C@H]4[C@@H]3[C@H](c3cccc(Cl)c3F)[C@]3(C(=O)Nc5cc(Cl)ccc53)N4CC3CC3)C2C=C1)N1CCOCC1. The van der Waals surface area contributed by atoms with Gasteiger partial charge < -0.3 is 15.0 Å². The van der Waals surface area contributed by atoms with Gasteiger partial charge in [-0.15, -0.1) is 0 Å². The minimum Gasteiger partial charge on any atom is -0.378 e. The van der Waals surface area contributed by atoms with Crippen LogP contribution in [0.1, 0.15) is 29.9 Å². The predicted molar refractivity (Wildman–Crippen MR) is 169 cm³/mol. The first kappa shape index (κ1) is 27.9. The third kappa shape index (κ3) is 3.97. The van der Waals surface area contributed by atoms with Crippen molar-refractivity contribution in [3.8, 4) is 0 Å². The molecule has 0 aromatic heterocycles. The fraction of sp³-hybridized carbons (Fsp3) is 0.412. The summed E-state index contributed by atoms with van der Waals surface area (Å²) in [6, 6.07) is 10.4. The number of ether oxygens (including phenoxy) is 1. The van der Waals surface area contributed by atoms with Crippen LogP contribution in [-0.4, -0.2) is 89.2 Å². The van der Waals surface area contributed by atoms with E-state index in [4.69, 9.17) is 32.9 Å². The van der Waals surface area contributed by atoms with Crippen molar-refractivity contribution in [1.29, 1.82) is 0 Å². The lowest BCUT2D eigenvalue weighted by Gasteiger charge is -2.40. The van der Waals surface area contributed by atoms with Gasteiger partial charge in [-0.05, 0) is 59.7 Å². The topological polar surface area (TPSA) is 77.2 Å². The van der Waals surface area contributed by atoms with E-state index >= 15 is 4.39 Å². The first-order valence-electron chi connectivity index (χ1n) is 15.7. The van der Waals surface area contributed by atoms with Gasteiger partial charge in [-0.1, -0.05) is 41.4 Å². The average Bonchev–Trinajstić information content (AvgIpc) is 3.49. The Kier molecular flexibility index (Phi) is 6.24. The molecular formula is C34H31Cl2FN5O3+. The molecule has 3 fully saturated rings. The van der Waals surface area contributed by atoms with Gasteiger partial charge in [0.2, 0.25) is 11.6 Å². The first-order chi connectivity index (χ1) is 21.9. The summed E-state index contributed by atoms with van der Waals surface area (Å²) in [6.07, 6.45) is 8.06. The molecule has 2 aromatic rings. The van der Waals surface area contributed by atoms with Gasteiger partial charge in [0.15, 0.2) is 6.04 Å². The molecule has 9 rings (SSSR count). The Morgan fingerprint density at radius 2 is 2.00 bits per heavy atom. The molecule has 0 radical (unpaired) electrons. The number of hydrogen-bond acceptors (Lipinski definition) is 5. The minimum absolute atomic E-state index is 0.0259. The number of morpholine rings is 1. The van der Waals surface area contributed by atoms with Gasteiger partial charge in [0.1, 0.15) is 17.9 Å². The molecule has 45 heavy (non-hydrogen) atoms. The van der Waals surface area contributed by atoms with Crippen molar-refractivity contribution in [3.63, 3.8) is 0 Å². The van der Waals surface area contributed by atoms with Crippen molar-refractivity contribution >= 4 is 52.3 Å². The molecule has 0 bridgehead atoms. The van der Waals surface area contributed by atoms with Crippen molar-refractivity contribution in [1.82, 2.24) is 9.80 Å². The minimum atomic E-state index is -1.17. The van der Waals surface area contributed by atoms with Gasteiger partial charge in [0.05, 0.1) is 30.2 Å². The molecule has 7 aliphatic rings. The van der Waals surface area contributed by atoms with Crippen LogP contribution in [-0.2, 0) is 19.9 Å². The van der Waals surface area contributed by atoms with Crippen molar-refractivity contribution in [3.05, 3.63) is 87.2 Å². The Balaban J connectivity index is 1.20. The number of nitrogens with one attached hydrogen (secondary N) is 1. The van der Waals surface area contributed by atoms with Gasteiger partial charge in [-0.3, -0.25) is 14.5 Å². The molecule has 1 unspecified atom stereocenters. The van der Waals surface area contributed by atoms with Crippen LogP contribution in [0.3, 0.4) is 0 Å². The van der Waals surface area contributed by atoms with Crippen LogP contribution in [0, 0.1) is 17.7 Å². The van der Waals surface area contributed by atoms with Gasteiger partial charge in [-0.2, -0.15) is 0 Å². The molecule has 2 aromatic carbocycles. The number of rotatable bonds is 4. The van der Waals surface area contributed by atoms with E-state index in [0.717, 1.165) is 36.5 Å². The average molecular weight is 648 g/mol. The number of hydrogen-bond donors (Lipinski definition) is 1. The maximum atomic E-state index is 16.2. The quantitative estimate of drug-likeness (QED) is 0.501. The normalized spacial score (nSPS) is 31.5. The zero-order valence-electron chi connectivity index (χ0n) is 24.4. The standard InChI is InChI=1S/C34H30Cl2FN5O3/c35-20-7-8-22-24(15-20)39-33(44)34(22)29(21-2-1-3-23(36)30(21)37)28-27(42(34)16-18-4-5-18)17-41-26-9-6-19(14-25(26)38-31(28)41)32(43)40-10-12-45-13-11-40/h1-3,6-9,14-15,18,26-29H,4-5,10-13,16-17H2/p+1/t26?,27-,28+,29-,34+/m0/s1. The lowest BCUT2D eigenvalue weighted by atomic mass is 9.71. The Morgan fingerprint density at radius 1 is 1.18 bits per heavy atom. The molecule has 1 spiro atoms. The molecule has 2 amide bonds. The van der Waals surface area contributed by atoms with Crippen molar-refractivity contribution in [2.75, 3.05) is 44.7 Å². The molecule has 5 atom stereocenters. The molecule has 5 heterocycles. The number of amidine groups is 1. The lowest BCUT2D eigenvalue weighted by molar-refractivity contribution is -0.531. The Bertz CT molecular complexity index is 1810. The number of carbonyl (C=O) groups is 2. The number of anilines is 1. The second kappa shape index (κ2) is 10.1. The molecule has 11 heteroatoms. The summed E-state index contributed by atoms with van der Waals surface area (Å²) in [4.78, 5) is 37.2. The van der Waals surface area contributed by atoms with E-state index in [0.29, 0.717) is 60.6 Å². The molecule has 8 nitrogen and oxygen atoms in total. The van der Waals surface area contributed by atoms with Crippen molar-refractivity contribution in [2.45, 2.75) is 36.4 Å². The summed E-state index contributed by atoms with van der Waals surface area (Å²) in [5, 5.41) is 3.68. The fourth-order valence-corrected chi connectivity index (χ4v) is 8.97. The third-order valence-corrected chi connectivity index (χ3v) is 11.2. The summed E-state index contributed by atoms with van der Waals surface area (Å²) in [5.41, 5.74) is 2.11. The molecule has 5 aliphatic heterocycles. The lowest BCUT2D eigenvalue weighted by Crippen LogP contribution is -2.54. The first-order valence-corrected chi connectivity index (χ1v) is 16.4. The molecule has 230 valence electrons. The second-order valence-electron chi connectivity index (χ2n) is 13.1. The van der Waals surface area contributed by atoms with Crippen LogP contribution >= 0.6 is 23.2 Å². The molecule has 2 saturated heterocycles. The molecule has 2 aliphatic carbocycles. The van der Waals surface area contributed by atoms with E-state index in [1.54, 1.807) is 24.3 Å². The maximum Gasteiger partial charge on any atom is 0.300 e. The van der Waals surface area contributed by atoms with E-state index in [1.807, 2.05) is 29.2 Å². The summed E-state index contributed by atoms with van der Waals surface area (Å²) in [7, 11) is 0. The predicted octanol–water partition coefficient (Wildman–Crippen LogP) is 4.38. The number of likely N-dealkylation sites (tertiary alicyclic amines) is 1. The highest BCUT2D eigenvalue weighted by Gasteiger charge is 2.73. The summed E-state index contributed by atoms with van der Waals surface area (Å²) >= 11 is 12.8. The smallest absolute Gasteiger partial charge is 0.300 e. The van der Waals surface area contributed by atoms with Gasteiger partial charge >= 0.3 is 5.84 Å². The van der Waals surface area contributed by atoms with Gasteiger partial charge in [-0.25, -0.2) is 8.97 Å². The Labute approximate surface area is 269 Å². The Hall–Kier alpha value is -3.37. The largest absolute Gasteiger partial charge is 0.378 e. The number of halogens is 3. The number of amides is 2. The van der Waals surface area contributed by atoms with Crippen molar-refractivity contribution in [2.24, 2.45) is 16.8 Å². The fourth-order valence-electron chi connectivity index (χ4n) is 8.62. The zero-order valence-corrected chi connectivity index (χ0v) is 25.9. The number of fused-ring (bicyclic) bond motifs is 6. The van der Waals surface area contributed by atoms with Crippen LogP contribution in [0.15, 0.2) is 65.2 Å². The maximum absolute atomic E-state index is 16.2. The summed E-state index contributed by atoms with van der Waals surface area (Å²) < 4.78 is 24.0. The number of carbonyl (C=O) groups excluding carboxylic acids is 2. The Morgan fingerprint density at radius 3 is 2.80 bits per heavy atom. The third-order valence-electron chi connectivity index (χ3n) is 10.7. The summed E-state index contributed by atoms with van der Waals surface area (Å²) in [6.45, 7) is 3.55.